The van der Waals surface area contributed by atoms with Crippen LogP contribution in [0.5, 0.6) is 0 Å². The van der Waals surface area contributed by atoms with Gasteiger partial charge in [-0.25, -0.2) is 0 Å². The second kappa shape index (κ2) is 42.1. The van der Waals surface area contributed by atoms with Crippen LogP contribution in [0, 0.1) is 0 Å². The fourth-order valence-corrected chi connectivity index (χ4v) is 6.56. The Balaban J connectivity index is 0. The number of ether oxygens (including phenoxy) is 2. The fraction of sp³-hybridized carbons (Fsp3) is 0.857. The Morgan fingerprint density at radius 3 is 1.50 bits per heavy atom. The number of carbonyl (C=O) groups is 2. The molecule has 0 fully saturated rings. The van der Waals surface area contributed by atoms with Crippen LogP contribution < -0.4 is 34.5 Å². The summed E-state index contributed by atoms with van der Waals surface area (Å²) >= 11 is 0. The Bertz CT molecular complexity index is 948. The van der Waals surface area contributed by atoms with Gasteiger partial charge in [-0.2, -0.15) is 0 Å². The molecular formula is C42H78NaO10P. The average Bonchev–Trinajstić information content (AvgIpc) is 3.14. The predicted octanol–water partition coefficient (Wildman–Crippen LogP) is 7.38. The second-order valence-corrected chi connectivity index (χ2v) is 15.8. The van der Waals surface area contributed by atoms with Gasteiger partial charge in [0.15, 0.2) is 6.10 Å². The van der Waals surface area contributed by atoms with Crippen LogP contribution in [-0.2, 0) is 32.7 Å². The van der Waals surface area contributed by atoms with Gasteiger partial charge in [0.1, 0.15) is 12.7 Å². The first-order valence-electron chi connectivity index (χ1n) is 21.3. The van der Waals surface area contributed by atoms with Crippen molar-refractivity contribution in [2.75, 3.05) is 26.4 Å². The molecule has 0 heterocycles. The van der Waals surface area contributed by atoms with E-state index in [4.69, 9.17) is 19.1 Å². The van der Waals surface area contributed by atoms with Crippen molar-refractivity contribution in [3.05, 3.63) is 24.3 Å². The number of hydrogen-bond donors (Lipinski definition) is 2. The van der Waals surface area contributed by atoms with Crippen molar-refractivity contribution in [2.24, 2.45) is 0 Å². The van der Waals surface area contributed by atoms with Crippen LogP contribution in [0.2, 0.25) is 0 Å². The summed E-state index contributed by atoms with van der Waals surface area (Å²) in [6.45, 7) is 2.17. The molecule has 0 aromatic rings. The molecule has 0 aromatic carbocycles. The predicted molar refractivity (Wildman–Crippen MR) is 212 cm³/mol. The number of aliphatic hydroxyl groups is 2. The van der Waals surface area contributed by atoms with E-state index in [0.717, 1.165) is 64.2 Å². The topological polar surface area (TPSA) is 152 Å². The van der Waals surface area contributed by atoms with Gasteiger partial charge < -0.3 is 33.6 Å². The molecule has 2 N–H and O–H groups in total. The maximum absolute atomic E-state index is 12.6. The van der Waals surface area contributed by atoms with Gasteiger partial charge in [0.25, 0.3) is 7.82 Å². The molecule has 0 aliphatic rings. The van der Waals surface area contributed by atoms with Crippen molar-refractivity contribution in [2.45, 2.75) is 206 Å². The molecule has 0 aliphatic carbocycles. The minimum absolute atomic E-state index is 0. The van der Waals surface area contributed by atoms with Crippen molar-refractivity contribution < 1.29 is 77.3 Å². The summed E-state index contributed by atoms with van der Waals surface area (Å²) in [4.78, 5) is 37.1. The zero-order valence-corrected chi connectivity index (χ0v) is 37.6. The SMILES string of the molecule is CCCCC/C=C\C/C=C\CCCCCCCC(=O)O[C@H](COC(=O)CCCCCCCCCCCCCCCCC)COP(=O)([O-])OCC(O)CO.[Na+]. The maximum Gasteiger partial charge on any atom is 1.00 e. The first kappa shape index (κ1) is 55.5. The van der Waals surface area contributed by atoms with Crippen LogP contribution >= 0.6 is 7.82 Å². The normalized spacial score (nSPS) is 13.9. The van der Waals surface area contributed by atoms with Gasteiger partial charge in [-0.05, 0) is 44.9 Å². The van der Waals surface area contributed by atoms with Crippen LogP contribution in [0.25, 0.3) is 0 Å². The monoisotopic (exact) mass is 797 g/mol. The number of unbranched alkanes of at least 4 members (excludes halogenated alkanes) is 22. The first-order chi connectivity index (χ1) is 25.7. The summed E-state index contributed by atoms with van der Waals surface area (Å²) in [5, 5.41) is 18.3. The van der Waals surface area contributed by atoms with Crippen LogP contribution in [0.15, 0.2) is 24.3 Å². The number of rotatable bonds is 40. The number of allylic oxidation sites excluding steroid dienone is 4. The van der Waals surface area contributed by atoms with Gasteiger partial charge in [-0.15, -0.1) is 0 Å². The van der Waals surface area contributed by atoms with E-state index in [1.807, 2.05) is 0 Å². The van der Waals surface area contributed by atoms with E-state index >= 15 is 0 Å². The Labute approximate surface area is 351 Å². The van der Waals surface area contributed by atoms with E-state index in [1.165, 1.54) is 89.9 Å². The molecule has 0 spiro atoms. The van der Waals surface area contributed by atoms with Gasteiger partial charge in [-0.1, -0.05) is 160 Å². The second-order valence-electron chi connectivity index (χ2n) is 14.4. The van der Waals surface area contributed by atoms with Crippen molar-refractivity contribution in [1.82, 2.24) is 0 Å². The van der Waals surface area contributed by atoms with E-state index in [-0.39, 0.29) is 49.0 Å². The molecule has 312 valence electrons. The number of hydrogen-bond acceptors (Lipinski definition) is 10. The van der Waals surface area contributed by atoms with Crippen LogP contribution in [0.1, 0.15) is 194 Å². The summed E-state index contributed by atoms with van der Waals surface area (Å²) in [5.74, 6) is -0.970. The average molecular weight is 797 g/mol. The quantitative estimate of drug-likeness (QED) is 0.0211. The summed E-state index contributed by atoms with van der Waals surface area (Å²) < 4.78 is 32.3. The van der Waals surface area contributed by atoms with Gasteiger partial charge in [0.2, 0.25) is 0 Å². The van der Waals surface area contributed by atoms with Crippen molar-refractivity contribution in [1.29, 1.82) is 0 Å². The summed E-state index contributed by atoms with van der Waals surface area (Å²) in [5.41, 5.74) is 0. The third kappa shape index (κ3) is 41.1. The molecular weight excluding hydrogens is 718 g/mol. The number of aliphatic hydroxyl groups excluding tert-OH is 2. The summed E-state index contributed by atoms with van der Waals surface area (Å²) in [7, 11) is -4.87. The molecule has 2 unspecified atom stereocenters. The van der Waals surface area contributed by atoms with E-state index in [0.29, 0.717) is 12.8 Å². The van der Waals surface area contributed by atoms with Crippen LogP contribution in [0.3, 0.4) is 0 Å². The molecule has 0 aromatic heterocycles. The molecule has 0 radical (unpaired) electrons. The largest absolute Gasteiger partial charge is 1.00 e. The molecule has 0 rings (SSSR count). The molecule has 54 heavy (non-hydrogen) atoms. The van der Waals surface area contributed by atoms with E-state index < -0.39 is 51.8 Å². The molecule has 12 heteroatoms. The molecule has 3 atom stereocenters. The van der Waals surface area contributed by atoms with Gasteiger partial charge >= 0.3 is 41.5 Å². The zero-order chi connectivity index (χ0) is 39.1. The van der Waals surface area contributed by atoms with Crippen molar-refractivity contribution in [3.63, 3.8) is 0 Å². The third-order valence-electron chi connectivity index (χ3n) is 9.10. The molecule has 0 saturated heterocycles. The Morgan fingerprint density at radius 1 is 0.593 bits per heavy atom. The van der Waals surface area contributed by atoms with E-state index in [2.05, 4.69) is 42.7 Å². The molecule has 0 saturated carbocycles. The number of phosphoric ester groups is 1. The number of phosphoric acid groups is 1. The zero-order valence-electron chi connectivity index (χ0n) is 34.7. The molecule has 0 aliphatic heterocycles. The van der Waals surface area contributed by atoms with Crippen molar-refractivity contribution >= 4 is 19.8 Å². The fourth-order valence-electron chi connectivity index (χ4n) is 5.78. The van der Waals surface area contributed by atoms with Gasteiger partial charge in [0, 0.05) is 12.8 Å². The van der Waals surface area contributed by atoms with E-state index in [9.17, 15) is 24.2 Å². The standard InChI is InChI=1S/C42H79O10P.Na/c1-3-5-7-9-11-13-15-17-19-21-23-25-27-29-31-33-41(45)49-37-40(38-51-53(47,48)50-36-39(44)35-43)52-42(46)34-32-30-28-26-24-22-20-18-16-14-12-10-8-6-4-2;/h12,14,18,20,39-40,43-44H,3-11,13,15-17,19,21-38H2,1-2H3,(H,47,48);/q;+1/p-1/b14-12-,20-18-;/t39?,40-;/m1./s1. The summed E-state index contributed by atoms with van der Waals surface area (Å²) in [6.07, 6.45) is 36.8. The van der Waals surface area contributed by atoms with E-state index in [1.54, 1.807) is 0 Å². The van der Waals surface area contributed by atoms with Gasteiger partial charge in [0.05, 0.1) is 19.8 Å². The smallest absolute Gasteiger partial charge is 0.756 e. The van der Waals surface area contributed by atoms with Crippen molar-refractivity contribution in [3.8, 4) is 0 Å². The van der Waals surface area contributed by atoms with Crippen LogP contribution in [-0.4, -0.2) is 60.8 Å². The van der Waals surface area contributed by atoms with Gasteiger partial charge in [-0.3, -0.25) is 14.2 Å². The third-order valence-corrected chi connectivity index (χ3v) is 10.0. The minimum Gasteiger partial charge on any atom is -0.756 e. The Morgan fingerprint density at radius 2 is 1.00 bits per heavy atom. The number of carbonyl (C=O) groups excluding carboxylic acids is 2. The molecule has 10 nitrogen and oxygen atoms in total. The Hall–Kier alpha value is -0.550. The molecule has 0 bridgehead atoms. The first-order valence-corrected chi connectivity index (χ1v) is 22.7. The maximum atomic E-state index is 12.6. The Kier molecular flexibility index (Phi) is 43.3. The number of esters is 2. The van der Waals surface area contributed by atoms with Crippen LogP contribution in [0.4, 0.5) is 0 Å². The minimum atomic E-state index is -4.87. The molecule has 0 amide bonds. The summed E-state index contributed by atoms with van der Waals surface area (Å²) in [6, 6.07) is 0.